The summed E-state index contributed by atoms with van der Waals surface area (Å²) in [5, 5.41) is 3.37. The minimum absolute atomic E-state index is 0.655. The van der Waals surface area contributed by atoms with Crippen LogP contribution in [-0.4, -0.2) is 13.1 Å². The summed E-state index contributed by atoms with van der Waals surface area (Å²) in [6.45, 7) is 9.19. The predicted octanol–water partition coefficient (Wildman–Crippen LogP) is 1.64. The molecule has 1 heteroatoms. The van der Waals surface area contributed by atoms with Gasteiger partial charge in [-0.1, -0.05) is 20.8 Å². The number of rotatable bonds is 3. The predicted molar refractivity (Wildman–Crippen MR) is 40.4 cm³/mol. The molecule has 0 unspecified atom stereocenters. The van der Waals surface area contributed by atoms with Crippen LogP contribution in [0.25, 0.3) is 0 Å². The van der Waals surface area contributed by atoms with E-state index in [0.717, 1.165) is 12.5 Å². The molecular weight excluding hydrogens is 110 g/mol. The summed E-state index contributed by atoms with van der Waals surface area (Å²) >= 11 is 0. The molecule has 1 rings (SSSR count). The van der Waals surface area contributed by atoms with Crippen LogP contribution < -0.4 is 5.32 Å². The number of hydrogen-bond acceptors (Lipinski definition) is 1. The van der Waals surface area contributed by atoms with Crippen molar-refractivity contribution in [1.29, 1.82) is 0 Å². The molecule has 9 heavy (non-hydrogen) atoms. The zero-order valence-electron chi connectivity index (χ0n) is 6.70. The van der Waals surface area contributed by atoms with Gasteiger partial charge in [0.2, 0.25) is 0 Å². The second kappa shape index (κ2) is 2.30. The molecular formula is C8H17N. The first-order valence-electron chi connectivity index (χ1n) is 3.87. The van der Waals surface area contributed by atoms with Crippen LogP contribution in [0.5, 0.6) is 0 Å². The van der Waals surface area contributed by atoms with Crippen LogP contribution in [0.15, 0.2) is 0 Å². The van der Waals surface area contributed by atoms with Gasteiger partial charge in [-0.25, -0.2) is 0 Å². The first kappa shape index (κ1) is 7.07. The normalized spacial score (nSPS) is 30.3. The SMILES string of the molecule is CCNC[C@H]1CC1(C)C. The molecule has 1 atom stereocenters. The van der Waals surface area contributed by atoms with E-state index >= 15 is 0 Å². The Morgan fingerprint density at radius 1 is 1.56 bits per heavy atom. The van der Waals surface area contributed by atoms with Gasteiger partial charge in [-0.2, -0.15) is 0 Å². The Labute approximate surface area is 57.8 Å². The lowest BCUT2D eigenvalue weighted by Gasteiger charge is -2.02. The molecule has 1 N–H and O–H groups in total. The Morgan fingerprint density at radius 2 is 2.11 bits per heavy atom. The lowest BCUT2D eigenvalue weighted by Crippen LogP contribution is -2.17. The van der Waals surface area contributed by atoms with Gasteiger partial charge in [-0.15, -0.1) is 0 Å². The van der Waals surface area contributed by atoms with Gasteiger partial charge in [0.25, 0.3) is 0 Å². The average molecular weight is 127 g/mol. The lowest BCUT2D eigenvalue weighted by molar-refractivity contribution is 0.527. The molecule has 0 radical (unpaired) electrons. The molecule has 0 amide bonds. The number of nitrogens with one attached hydrogen (secondary N) is 1. The van der Waals surface area contributed by atoms with Gasteiger partial charge < -0.3 is 5.32 Å². The summed E-state index contributed by atoms with van der Waals surface area (Å²) in [5.41, 5.74) is 0.655. The number of hydrogen-bond donors (Lipinski definition) is 1. The summed E-state index contributed by atoms with van der Waals surface area (Å²) in [6, 6.07) is 0. The Morgan fingerprint density at radius 3 is 2.44 bits per heavy atom. The minimum Gasteiger partial charge on any atom is -0.317 e. The van der Waals surface area contributed by atoms with Crippen molar-refractivity contribution < 1.29 is 0 Å². The molecule has 0 aliphatic heterocycles. The summed E-state index contributed by atoms with van der Waals surface area (Å²) in [5.74, 6) is 0.956. The molecule has 0 spiro atoms. The van der Waals surface area contributed by atoms with E-state index < -0.39 is 0 Å². The highest BCUT2D eigenvalue weighted by Crippen LogP contribution is 2.50. The lowest BCUT2D eigenvalue weighted by atomic mass is 10.1. The van der Waals surface area contributed by atoms with Crippen LogP contribution in [0.1, 0.15) is 27.2 Å². The molecule has 0 bridgehead atoms. The van der Waals surface area contributed by atoms with Crippen molar-refractivity contribution in [3.05, 3.63) is 0 Å². The van der Waals surface area contributed by atoms with Crippen LogP contribution in [-0.2, 0) is 0 Å². The van der Waals surface area contributed by atoms with Gasteiger partial charge in [0, 0.05) is 0 Å². The second-order valence-electron chi connectivity index (χ2n) is 3.70. The van der Waals surface area contributed by atoms with Crippen LogP contribution in [0, 0.1) is 11.3 Å². The molecule has 0 aromatic carbocycles. The fourth-order valence-electron chi connectivity index (χ4n) is 1.24. The summed E-state index contributed by atoms with van der Waals surface area (Å²) in [7, 11) is 0. The van der Waals surface area contributed by atoms with Crippen LogP contribution in [0.4, 0.5) is 0 Å². The quantitative estimate of drug-likeness (QED) is 0.607. The van der Waals surface area contributed by atoms with E-state index in [1.165, 1.54) is 13.0 Å². The van der Waals surface area contributed by atoms with Crippen molar-refractivity contribution in [2.75, 3.05) is 13.1 Å². The minimum atomic E-state index is 0.655. The van der Waals surface area contributed by atoms with Crippen molar-refractivity contribution in [2.45, 2.75) is 27.2 Å². The highest BCUT2D eigenvalue weighted by molar-refractivity contribution is 4.95. The van der Waals surface area contributed by atoms with E-state index in [9.17, 15) is 0 Å². The van der Waals surface area contributed by atoms with Gasteiger partial charge >= 0.3 is 0 Å². The molecule has 1 saturated carbocycles. The summed E-state index contributed by atoms with van der Waals surface area (Å²) < 4.78 is 0. The highest BCUT2D eigenvalue weighted by Gasteiger charge is 2.44. The van der Waals surface area contributed by atoms with Crippen LogP contribution in [0.3, 0.4) is 0 Å². The standard InChI is InChI=1S/C8H17N/c1-4-9-6-7-5-8(7,2)3/h7,9H,4-6H2,1-3H3/t7-/m1/s1. The molecule has 1 fully saturated rings. The van der Waals surface area contributed by atoms with Crippen LogP contribution in [0.2, 0.25) is 0 Å². The molecule has 1 aliphatic rings. The Hall–Kier alpha value is -0.0400. The maximum absolute atomic E-state index is 3.37. The average Bonchev–Trinajstić information content (AvgIpc) is 2.35. The van der Waals surface area contributed by atoms with Crippen molar-refractivity contribution >= 4 is 0 Å². The smallest absolute Gasteiger partial charge is 0.00153 e. The van der Waals surface area contributed by atoms with E-state index in [4.69, 9.17) is 0 Å². The maximum Gasteiger partial charge on any atom is -0.00153 e. The summed E-state index contributed by atoms with van der Waals surface area (Å²) in [4.78, 5) is 0. The van der Waals surface area contributed by atoms with Gasteiger partial charge in [0.1, 0.15) is 0 Å². The maximum atomic E-state index is 3.37. The molecule has 0 aromatic rings. The van der Waals surface area contributed by atoms with Crippen molar-refractivity contribution in [1.82, 2.24) is 5.32 Å². The first-order valence-corrected chi connectivity index (χ1v) is 3.87. The third-order valence-electron chi connectivity index (χ3n) is 2.36. The van der Waals surface area contributed by atoms with E-state index in [2.05, 4.69) is 26.1 Å². The van der Waals surface area contributed by atoms with Gasteiger partial charge in [-0.3, -0.25) is 0 Å². The van der Waals surface area contributed by atoms with Crippen molar-refractivity contribution in [3.63, 3.8) is 0 Å². The molecule has 1 nitrogen and oxygen atoms in total. The summed E-state index contributed by atoms with van der Waals surface area (Å²) in [6.07, 6.45) is 1.42. The van der Waals surface area contributed by atoms with E-state index in [-0.39, 0.29) is 0 Å². The topological polar surface area (TPSA) is 12.0 Å². The Balaban J connectivity index is 2.06. The second-order valence-corrected chi connectivity index (χ2v) is 3.70. The molecule has 0 aromatic heterocycles. The fraction of sp³-hybridized carbons (Fsp3) is 1.00. The zero-order valence-corrected chi connectivity index (χ0v) is 6.70. The Kier molecular flexibility index (Phi) is 1.80. The van der Waals surface area contributed by atoms with Gasteiger partial charge in [0.05, 0.1) is 0 Å². The van der Waals surface area contributed by atoms with Crippen LogP contribution >= 0.6 is 0 Å². The molecule has 1 aliphatic carbocycles. The zero-order chi connectivity index (χ0) is 6.91. The first-order chi connectivity index (χ1) is 4.17. The molecule has 54 valence electrons. The van der Waals surface area contributed by atoms with E-state index in [0.29, 0.717) is 5.41 Å². The van der Waals surface area contributed by atoms with E-state index in [1.807, 2.05) is 0 Å². The highest BCUT2D eigenvalue weighted by atomic mass is 14.9. The fourth-order valence-corrected chi connectivity index (χ4v) is 1.24. The third-order valence-corrected chi connectivity index (χ3v) is 2.36. The van der Waals surface area contributed by atoms with E-state index in [1.54, 1.807) is 0 Å². The third kappa shape index (κ3) is 1.68. The monoisotopic (exact) mass is 127 g/mol. The van der Waals surface area contributed by atoms with Gasteiger partial charge in [0.15, 0.2) is 0 Å². The molecule has 0 saturated heterocycles. The Bertz CT molecular complexity index is 96.7. The molecule has 0 heterocycles. The van der Waals surface area contributed by atoms with Crippen molar-refractivity contribution in [3.8, 4) is 0 Å². The van der Waals surface area contributed by atoms with Gasteiger partial charge in [-0.05, 0) is 30.8 Å². The largest absolute Gasteiger partial charge is 0.317 e. The van der Waals surface area contributed by atoms with Crippen molar-refractivity contribution in [2.24, 2.45) is 11.3 Å².